The summed E-state index contributed by atoms with van der Waals surface area (Å²) >= 11 is 1.88. The van der Waals surface area contributed by atoms with Gasteiger partial charge in [-0.3, -0.25) is 4.57 Å². The number of hydrogen-bond acceptors (Lipinski definition) is 7. The maximum absolute atomic E-state index is 11.7. The van der Waals surface area contributed by atoms with Crippen molar-refractivity contribution >= 4 is 28.4 Å². The van der Waals surface area contributed by atoms with E-state index in [1.165, 1.54) is 6.20 Å². The third kappa shape index (κ3) is 2.23. The molecule has 0 unspecified atom stereocenters. The highest BCUT2D eigenvalue weighted by atomic mass is 127. The number of hydrogen-bond donors (Lipinski definition) is 4. The van der Waals surface area contributed by atoms with E-state index in [-0.39, 0.29) is 5.82 Å². The van der Waals surface area contributed by atoms with Crippen molar-refractivity contribution in [2.24, 2.45) is 0 Å². The van der Waals surface area contributed by atoms with Gasteiger partial charge < -0.3 is 25.8 Å². The van der Waals surface area contributed by atoms with Crippen LogP contribution in [0, 0.1) is 3.57 Å². The Morgan fingerprint density at radius 3 is 2.72 bits per heavy atom. The zero-order chi connectivity index (χ0) is 13.4. The maximum atomic E-state index is 11.7. The monoisotopic (exact) mass is 369 g/mol. The number of aliphatic hydroxyl groups is 3. The second kappa shape index (κ2) is 5.09. The van der Waals surface area contributed by atoms with E-state index in [1.807, 2.05) is 22.6 Å². The van der Waals surface area contributed by atoms with Gasteiger partial charge in [-0.25, -0.2) is 4.79 Å². The molecule has 1 aromatic rings. The van der Waals surface area contributed by atoms with E-state index in [0.29, 0.717) is 3.57 Å². The summed E-state index contributed by atoms with van der Waals surface area (Å²) in [6.07, 6.45) is -3.23. The number of halogens is 1. The highest BCUT2D eigenvalue weighted by Crippen LogP contribution is 2.28. The molecule has 18 heavy (non-hydrogen) atoms. The average molecular weight is 369 g/mol. The first-order valence-electron chi connectivity index (χ1n) is 5.12. The number of aliphatic hydroxyl groups excluding tert-OH is 3. The van der Waals surface area contributed by atoms with Gasteiger partial charge in [0.05, 0.1) is 10.2 Å². The van der Waals surface area contributed by atoms with Crippen LogP contribution in [0.4, 0.5) is 5.82 Å². The van der Waals surface area contributed by atoms with Crippen LogP contribution in [-0.2, 0) is 4.74 Å². The summed E-state index contributed by atoms with van der Waals surface area (Å²) in [5.74, 6) is 0.0867. The van der Waals surface area contributed by atoms with Gasteiger partial charge >= 0.3 is 5.69 Å². The first-order chi connectivity index (χ1) is 8.45. The van der Waals surface area contributed by atoms with Gasteiger partial charge in [-0.1, -0.05) is 0 Å². The third-order valence-electron chi connectivity index (χ3n) is 2.73. The van der Waals surface area contributed by atoms with E-state index in [4.69, 9.17) is 15.6 Å². The van der Waals surface area contributed by atoms with E-state index >= 15 is 0 Å². The van der Waals surface area contributed by atoms with Crippen molar-refractivity contribution in [2.45, 2.75) is 24.5 Å². The Labute approximate surface area is 115 Å². The molecule has 0 aliphatic carbocycles. The summed E-state index contributed by atoms with van der Waals surface area (Å²) in [7, 11) is 0. The molecule has 0 radical (unpaired) electrons. The first-order valence-corrected chi connectivity index (χ1v) is 6.20. The van der Waals surface area contributed by atoms with Crippen molar-refractivity contribution in [2.75, 3.05) is 12.3 Å². The van der Waals surface area contributed by atoms with E-state index in [0.717, 1.165) is 4.57 Å². The summed E-state index contributed by atoms with van der Waals surface area (Å²) in [6, 6.07) is 0. The number of ether oxygens (including phenoxy) is 1. The Balaban J connectivity index is 2.39. The van der Waals surface area contributed by atoms with Crippen molar-refractivity contribution < 1.29 is 20.1 Å². The van der Waals surface area contributed by atoms with Gasteiger partial charge in [0.1, 0.15) is 24.1 Å². The number of nitrogens with two attached hydrogens (primary N) is 1. The molecule has 2 rings (SSSR count). The fraction of sp³-hybridized carbons (Fsp3) is 0.556. The fourth-order valence-corrected chi connectivity index (χ4v) is 2.17. The lowest BCUT2D eigenvalue weighted by Crippen LogP contribution is -2.36. The topological polar surface area (TPSA) is 131 Å². The number of aromatic nitrogens is 2. The van der Waals surface area contributed by atoms with Crippen molar-refractivity contribution in [1.82, 2.24) is 9.55 Å². The van der Waals surface area contributed by atoms with E-state index in [1.54, 1.807) is 0 Å². The Hall–Kier alpha value is -0.750. The molecule has 5 N–H and O–H groups in total. The normalized spacial score (nSPS) is 31.8. The number of nitrogens with zero attached hydrogens (tertiary/aromatic N) is 2. The zero-order valence-electron chi connectivity index (χ0n) is 9.10. The standard InChI is InChI=1S/C9H12IN3O5/c10-3-1-13(9(17)12-7(3)11)8-6(16)5(15)4(2-14)18-8/h1,4-6,8,14-16H,2H2,(H2,11,12,17)/t4-,5+,6-,8-/m1/s1. The summed E-state index contributed by atoms with van der Waals surface area (Å²) in [5, 5.41) is 28.4. The summed E-state index contributed by atoms with van der Waals surface area (Å²) in [6.45, 7) is -0.455. The minimum atomic E-state index is -1.32. The van der Waals surface area contributed by atoms with Gasteiger partial charge in [-0.15, -0.1) is 0 Å². The van der Waals surface area contributed by atoms with Crippen LogP contribution in [0.5, 0.6) is 0 Å². The lowest BCUT2D eigenvalue weighted by atomic mass is 10.1. The Kier molecular flexibility index (Phi) is 3.87. The van der Waals surface area contributed by atoms with Gasteiger partial charge in [0.25, 0.3) is 0 Å². The minimum absolute atomic E-state index is 0.0867. The van der Waals surface area contributed by atoms with Crippen LogP contribution in [0.3, 0.4) is 0 Å². The van der Waals surface area contributed by atoms with Crippen LogP contribution in [0.25, 0.3) is 0 Å². The highest BCUT2D eigenvalue weighted by molar-refractivity contribution is 14.1. The SMILES string of the molecule is Nc1nc(=O)n([C@@H]2O[C@H](CO)[C@H](O)[C@H]2O)cc1I. The largest absolute Gasteiger partial charge is 0.394 e. The molecular weight excluding hydrogens is 357 g/mol. The van der Waals surface area contributed by atoms with Gasteiger partial charge in [0.2, 0.25) is 0 Å². The lowest BCUT2D eigenvalue weighted by molar-refractivity contribution is -0.0550. The predicted octanol–water partition coefficient (Wildman–Crippen LogP) is -1.96. The van der Waals surface area contributed by atoms with Crippen LogP contribution in [0.1, 0.15) is 6.23 Å². The van der Waals surface area contributed by atoms with Crippen LogP contribution in [0.2, 0.25) is 0 Å². The van der Waals surface area contributed by atoms with Gasteiger partial charge in [-0.2, -0.15) is 4.98 Å². The van der Waals surface area contributed by atoms with E-state index < -0.39 is 36.8 Å². The molecule has 2 heterocycles. The van der Waals surface area contributed by atoms with Crippen molar-refractivity contribution in [3.8, 4) is 0 Å². The molecule has 0 aromatic carbocycles. The molecular formula is C9H12IN3O5. The van der Waals surface area contributed by atoms with Crippen molar-refractivity contribution in [1.29, 1.82) is 0 Å². The van der Waals surface area contributed by atoms with Gasteiger partial charge in [0.15, 0.2) is 6.23 Å². The van der Waals surface area contributed by atoms with E-state index in [9.17, 15) is 15.0 Å². The zero-order valence-corrected chi connectivity index (χ0v) is 11.3. The van der Waals surface area contributed by atoms with Crippen LogP contribution in [0.15, 0.2) is 11.0 Å². The maximum Gasteiger partial charge on any atom is 0.351 e. The lowest BCUT2D eigenvalue weighted by Gasteiger charge is -2.17. The second-order valence-electron chi connectivity index (χ2n) is 3.89. The Morgan fingerprint density at radius 1 is 1.50 bits per heavy atom. The molecule has 0 amide bonds. The third-order valence-corrected chi connectivity index (χ3v) is 3.56. The number of rotatable bonds is 2. The average Bonchev–Trinajstić information content (AvgIpc) is 2.61. The molecule has 8 nitrogen and oxygen atoms in total. The molecule has 100 valence electrons. The Morgan fingerprint density at radius 2 is 2.17 bits per heavy atom. The van der Waals surface area contributed by atoms with Crippen molar-refractivity contribution in [3.05, 3.63) is 20.3 Å². The van der Waals surface area contributed by atoms with Gasteiger partial charge in [0, 0.05) is 6.20 Å². The summed E-state index contributed by atoms with van der Waals surface area (Å²) in [5.41, 5.74) is 4.79. The fourth-order valence-electron chi connectivity index (χ4n) is 1.75. The van der Waals surface area contributed by atoms with Crippen LogP contribution < -0.4 is 11.4 Å². The van der Waals surface area contributed by atoms with Crippen LogP contribution >= 0.6 is 22.6 Å². The second-order valence-corrected chi connectivity index (χ2v) is 5.05. The molecule has 1 aromatic heterocycles. The highest BCUT2D eigenvalue weighted by Gasteiger charge is 2.43. The van der Waals surface area contributed by atoms with Crippen LogP contribution in [-0.4, -0.2) is 49.8 Å². The number of nitrogen functional groups attached to an aromatic ring is 1. The molecule has 0 saturated carbocycles. The number of anilines is 1. The molecule has 4 atom stereocenters. The first kappa shape index (κ1) is 13.7. The van der Waals surface area contributed by atoms with Crippen molar-refractivity contribution in [3.63, 3.8) is 0 Å². The van der Waals surface area contributed by atoms with Gasteiger partial charge in [-0.05, 0) is 22.6 Å². The minimum Gasteiger partial charge on any atom is -0.394 e. The predicted molar refractivity (Wildman–Crippen MR) is 68.6 cm³/mol. The molecule has 0 spiro atoms. The van der Waals surface area contributed by atoms with E-state index in [2.05, 4.69) is 4.98 Å². The molecule has 1 aliphatic heterocycles. The molecule has 1 aliphatic rings. The summed E-state index contributed by atoms with van der Waals surface area (Å²) < 4.78 is 6.79. The smallest absolute Gasteiger partial charge is 0.351 e. The molecule has 1 fully saturated rings. The quantitative estimate of drug-likeness (QED) is 0.446. The Bertz CT molecular complexity index is 507. The summed E-state index contributed by atoms with van der Waals surface area (Å²) in [4.78, 5) is 15.2. The molecule has 1 saturated heterocycles. The molecule has 0 bridgehead atoms. The molecule has 9 heteroatoms.